The number of carbonyl (C=O) groups excluding carboxylic acids is 1. The van der Waals surface area contributed by atoms with E-state index in [4.69, 9.17) is 4.74 Å². The Morgan fingerprint density at radius 1 is 1.06 bits per heavy atom. The van der Waals surface area contributed by atoms with Crippen molar-refractivity contribution in [2.45, 2.75) is 56.6 Å². The second kappa shape index (κ2) is 10.9. The van der Waals surface area contributed by atoms with Gasteiger partial charge < -0.3 is 10.1 Å². The Balaban J connectivity index is 1.46. The number of hydrogen-bond acceptors (Lipinski definition) is 4. The summed E-state index contributed by atoms with van der Waals surface area (Å²) >= 11 is 0. The van der Waals surface area contributed by atoms with Crippen LogP contribution in [0.4, 0.5) is 0 Å². The number of aryl methyl sites for hydroxylation is 1. The molecule has 0 aliphatic heterocycles. The second-order valence-electron chi connectivity index (χ2n) is 8.16. The van der Waals surface area contributed by atoms with Crippen molar-refractivity contribution in [1.82, 2.24) is 9.62 Å². The monoisotopic (exact) mass is 444 g/mol. The van der Waals surface area contributed by atoms with Crippen molar-refractivity contribution >= 4 is 15.9 Å². The lowest BCUT2D eigenvalue weighted by molar-refractivity contribution is 0.0565. The number of hydrogen-bond donors (Lipinski definition) is 1. The molecular weight excluding hydrogens is 412 g/mol. The van der Waals surface area contributed by atoms with Gasteiger partial charge in [-0.1, -0.05) is 42.7 Å². The average Bonchev–Trinajstić information content (AvgIpc) is 3.27. The molecule has 2 aromatic carbocycles. The molecule has 0 unspecified atom stereocenters. The Bertz CT molecular complexity index is 950. The van der Waals surface area contributed by atoms with Crippen LogP contribution in [0, 0.1) is 6.92 Å². The Morgan fingerprint density at radius 2 is 1.71 bits per heavy atom. The van der Waals surface area contributed by atoms with Gasteiger partial charge in [0, 0.05) is 32.3 Å². The predicted molar refractivity (Wildman–Crippen MR) is 121 cm³/mol. The van der Waals surface area contributed by atoms with Crippen molar-refractivity contribution < 1.29 is 17.9 Å². The van der Waals surface area contributed by atoms with Gasteiger partial charge in [0.25, 0.3) is 5.91 Å². The van der Waals surface area contributed by atoms with Crippen LogP contribution in [0.25, 0.3) is 0 Å². The summed E-state index contributed by atoms with van der Waals surface area (Å²) in [5.41, 5.74) is 2.39. The highest BCUT2D eigenvalue weighted by molar-refractivity contribution is 7.89. The molecule has 7 heteroatoms. The van der Waals surface area contributed by atoms with E-state index < -0.39 is 10.0 Å². The van der Waals surface area contributed by atoms with Crippen LogP contribution in [0.2, 0.25) is 0 Å². The van der Waals surface area contributed by atoms with Gasteiger partial charge in [-0.3, -0.25) is 4.79 Å². The Labute approximate surface area is 185 Å². The van der Waals surface area contributed by atoms with E-state index in [1.807, 2.05) is 6.92 Å². The lowest BCUT2D eigenvalue weighted by Gasteiger charge is -2.17. The minimum absolute atomic E-state index is 0.131. The van der Waals surface area contributed by atoms with Gasteiger partial charge in [-0.2, -0.15) is 4.31 Å². The largest absolute Gasteiger partial charge is 0.378 e. The molecule has 1 saturated carbocycles. The highest BCUT2D eigenvalue weighted by Gasteiger charge is 2.21. The number of nitrogens with zero attached hydrogens (tertiary/aromatic N) is 1. The standard InChI is InChI=1S/C24H32N2O4S/c1-19-8-14-23(15-9-19)31(28,29)26(2)18-20-10-12-21(13-11-20)24(27)25-16-5-17-30-22-6-3-4-7-22/h8-15,22H,3-7,16-18H2,1-2H3,(H,25,27). The molecule has 168 valence electrons. The number of nitrogens with one attached hydrogen (secondary N) is 1. The fraction of sp³-hybridized carbons (Fsp3) is 0.458. The van der Waals surface area contributed by atoms with Gasteiger partial charge >= 0.3 is 0 Å². The van der Waals surface area contributed by atoms with Crippen LogP contribution in [0.15, 0.2) is 53.4 Å². The van der Waals surface area contributed by atoms with Crippen LogP contribution in [0.1, 0.15) is 53.6 Å². The van der Waals surface area contributed by atoms with Gasteiger partial charge in [-0.25, -0.2) is 8.42 Å². The highest BCUT2D eigenvalue weighted by Crippen LogP contribution is 2.21. The molecule has 0 saturated heterocycles. The molecule has 1 aliphatic rings. The molecule has 0 heterocycles. The fourth-order valence-corrected chi connectivity index (χ4v) is 4.83. The smallest absolute Gasteiger partial charge is 0.251 e. The molecule has 1 aliphatic carbocycles. The summed E-state index contributed by atoms with van der Waals surface area (Å²) in [5.74, 6) is -0.131. The summed E-state index contributed by atoms with van der Waals surface area (Å²) in [6.07, 6.45) is 6.01. The van der Waals surface area contributed by atoms with Crippen molar-refractivity contribution in [2.24, 2.45) is 0 Å². The molecule has 0 atom stereocenters. The van der Waals surface area contributed by atoms with E-state index in [2.05, 4.69) is 5.32 Å². The van der Waals surface area contributed by atoms with Crippen molar-refractivity contribution in [3.63, 3.8) is 0 Å². The molecule has 1 fully saturated rings. The summed E-state index contributed by atoms with van der Waals surface area (Å²) < 4.78 is 32.6. The topological polar surface area (TPSA) is 75.7 Å². The zero-order valence-corrected chi connectivity index (χ0v) is 19.2. The molecular formula is C24H32N2O4S. The molecule has 0 bridgehead atoms. The molecule has 2 aromatic rings. The highest BCUT2D eigenvalue weighted by atomic mass is 32.2. The number of sulfonamides is 1. The Hall–Kier alpha value is -2.22. The Morgan fingerprint density at radius 3 is 2.35 bits per heavy atom. The molecule has 31 heavy (non-hydrogen) atoms. The third kappa shape index (κ3) is 6.63. The molecule has 1 amide bonds. The van der Waals surface area contributed by atoms with E-state index in [-0.39, 0.29) is 17.3 Å². The third-order valence-corrected chi connectivity index (χ3v) is 7.43. The summed E-state index contributed by atoms with van der Waals surface area (Å²) in [6.45, 7) is 3.40. The van der Waals surface area contributed by atoms with E-state index in [1.165, 1.54) is 17.1 Å². The first kappa shape index (κ1) is 23.4. The average molecular weight is 445 g/mol. The van der Waals surface area contributed by atoms with Crippen molar-refractivity contribution in [3.8, 4) is 0 Å². The van der Waals surface area contributed by atoms with Crippen LogP contribution < -0.4 is 5.32 Å². The zero-order valence-electron chi connectivity index (χ0n) is 18.3. The maximum atomic E-state index is 12.7. The van der Waals surface area contributed by atoms with Gasteiger partial charge in [0.05, 0.1) is 11.0 Å². The van der Waals surface area contributed by atoms with Gasteiger partial charge in [0.1, 0.15) is 0 Å². The molecule has 0 aromatic heterocycles. The van der Waals surface area contributed by atoms with E-state index in [9.17, 15) is 13.2 Å². The van der Waals surface area contributed by atoms with E-state index in [1.54, 1.807) is 55.6 Å². The van der Waals surface area contributed by atoms with Crippen LogP contribution in [0.5, 0.6) is 0 Å². The first-order chi connectivity index (χ1) is 14.9. The van der Waals surface area contributed by atoms with Crippen molar-refractivity contribution in [1.29, 1.82) is 0 Å². The summed E-state index contributed by atoms with van der Waals surface area (Å²) in [4.78, 5) is 12.6. The molecule has 3 rings (SSSR count). The lowest BCUT2D eigenvalue weighted by atomic mass is 10.1. The van der Waals surface area contributed by atoms with Crippen LogP contribution in [0.3, 0.4) is 0 Å². The molecule has 6 nitrogen and oxygen atoms in total. The van der Waals surface area contributed by atoms with E-state index in [0.29, 0.717) is 24.8 Å². The lowest BCUT2D eigenvalue weighted by Crippen LogP contribution is -2.27. The maximum absolute atomic E-state index is 12.7. The number of amides is 1. The number of carbonyl (C=O) groups is 1. The first-order valence-electron chi connectivity index (χ1n) is 10.9. The Kier molecular flexibility index (Phi) is 8.23. The van der Waals surface area contributed by atoms with Gasteiger partial charge in [0.2, 0.25) is 10.0 Å². The predicted octanol–water partition coefficient (Wildman–Crippen LogP) is 3.89. The zero-order chi connectivity index (χ0) is 22.3. The van der Waals surface area contributed by atoms with E-state index in [0.717, 1.165) is 30.4 Å². The van der Waals surface area contributed by atoms with Crippen molar-refractivity contribution in [3.05, 3.63) is 65.2 Å². The van der Waals surface area contributed by atoms with Gasteiger partial charge in [0.15, 0.2) is 0 Å². The van der Waals surface area contributed by atoms with Gasteiger partial charge in [-0.05, 0) is 56.0 Å². The normalized spacial score (nSPS) is 14.8. The van der Waals surface area contributed by atoms with Gasteiger partial charge in [-0.15, -0.1) is 0 Å². The quantitative estimate of drug-likeness (QED) is 0.564. The summed E-state index contributed by atoms with van der Waals surface area (Å²) in [7, 11) is -2.00. The van der Waals surface area contributed by atoms with Crippen LogP contribution >= 0.6 is 0 Å². The third-order valence-electron chi connectivity index (χ3n) is 5.61. The van der Waals surface area contributed by atoms with Crippen LogP contribution in [-0.2, 0) is 21.3 Å². The summed E-state index contributed by atoms with van der Waals surface area (Å²) in [5, 5.41) is 2.91. The fourth-order valence-electron chi connectivity index (χ4n) is 3.67. The molecule has 1 N–H and O–H groups in total. The number of rotatable bonds is 10. The second-order valence-corrected chi connectivity index (χ2v) is 10.2. The van der Waals surface area contributed by atoms with E-state index >= 15 is 0 Å². The first-order valence-corrected chi connectivity index (χ1v) is 12.3. The minimum Gasteiger partial charge on any atom is -0.378 e. The SMILES string of the molecule is Cc1ccc(S(=O)(=O)N(C)Cc2ccc(C(=O)NCCCOC3CCCC3)cc2)cc1. The number of benzene rings is 2. The van der Waals surface area contributed by atoms with Crippen LogP contribution in [-0.4, -0.2) is 44.9 Å². The van der Waals surface area contributed by atoms with Crippen molar-refractivity contribution in [2.75, 3.05) is 20.2 Å². The number of ether oxygens (including phenoxy) is 1. The molecule has 0 spiro atoms. The summed E-state index contributed by atoms with van der Waals surface area (Å²) in [6, 6.07) is 13.8. The minimum atomic E-state index is -3.56. The maximum Gasteiger partial charge on any atom is 0.251 e. The molecule has 0 radical (unpaired) electrons.